The second-order valence-electron chi connectivity index (χ2n) is 5.16. The highest BCUT2D eigenvalue weighted by molar-refractivity contribution is 5.92. The normalized spacial score (nSPS) is 19.0. The number of carbonyl (C=O) groups excluding carboxylic acids is 2. The molecule has 6 heteroatoms. The molecule has 0 aromatic heterocycles. The van der Waals surface area contributed by atoms with Crippen LogP contribution in [-0.2, 0) is 9.59 Å². The summed E-state index contributed by atoms with van der Waals surface area (Å²) in [5.74, 6) is 0.234. The van der Waals surface area contributed by atoms with E-state index >= 15 is 0 Å². The minimum Gasteiger partial charge on any atom is -0.497 e. The molecule has 1 aromatic carbocycles. The van der Waals surface area contributed by atoms with Crippen molar-refractivity contribution in [2.24, 2.45) is 5.73 Å². The fourth-order valence-electron chi connectivity index (χ4n) is 2.56. The van der Waals surface area contributed by atoms with Gasteiger partial charge in [-0.3, -0.25) is 14.5 Å². The fraction of sp³-hybridized carbons (Fsp3) is 0.467. The van der Waals surface area contributed by atoms with Crippen molar-refractivity contribution >= 4 is 17.5 Å². The zero-order valence-corrected chi connectivity index (χ0v) is 12.2. The van der Waals surface area contributed by atoms with Gasteiger partial charge in [-0.1, -0.05) is 6.42 Å². The smallest absolute Gasteiger partial charge is 0.238 e. The molecule has 0 aliphatic carbocycles. The summed E-state index contributed by atoms with van der Waals surface area (Å²) in [6.07, 6.45) is 2.69. The molecule has 0 spiro atoms. The predicted molar refractivity (Wildman–Crippen MR) is 80.0 cm³/mol. The molecule has 1 aliphatic rings. The first-order chi connectivity index (χ1) is 10.1. The van der Waals surface area contributed by atoms with Gasteiger partial charge in [-0.2, -0.15) is 0 Å². The predicted octanol–water partition coefficient (Wildman–Crippen LogP) is 0.973. The second kappa shape index (κ2) is 7.08. The zero-order chi connectivity index (χ0) is 15.2. The third-order valence-corrected chi connectivity index (χ3v) is 3.66. The third kappa shape index (κ3) is 4.19. The number of amides is 2. The highest BCUT2D eigenvalue weighted by Gasteiger charge is 2.28. The zero-order valence-electron chi connectivity index (χ0n) is 12.2. The summed E-state index contributed by atoms with van der Waals surface area (Å²) in [4.78, 5) is 25.3. The van der Waals surface area contributed by atoms with Crippen molar-refractivity contribution in [3.05, 3.63) is 24.3 Å². The quantitative estimate of drug-likeness (QED) is 0.846. The topological polar surface area (TPSA) is 84.7 Å². The second-order valence-corrected chi connectivity index (χ2v) is 5.16. The average Bonchev–Trinajstić information content (AvgIpc) is 2.48. The van der Waals surface area contributed by atoms with Crippen LogP contribution in [0.15, 0.2) is 24.3 Å². The van der Waals surface area contributed by atoms with Crippen LogP contribution in [-0.4, -0.2) is 43.0 Å². The minimum absolute atomic E-state index is 0.145. The maximum Gasteiger partial charge on any atom is 0.238 e. The standard InChI is InChI=1S/C15H21N3O3/c1-21-12-7-5-11(6-8-12)17-14(19)10-18-9-3-2-4-13(18)15(16)20/h5-8,13H,2-4,9-10H2,1H3,(H2,16,20)(H,17,19)/t13-/m1/s1. The Kier molecular flexibility index (Phi) is 5.16. The van der Waals surface area contributed by atoms with Gasteiger partial charge in [0.1, 0.15) is 5.75 Å². The number of hydrogen-bond donors (Lipinski definition) is 2. The molecule has 114 valence electrons. The largest absolute Gasteiger partial charge is 0.497 e. The molecule has 1 aromatic rings. The molecule has 1 fully saturated rings. The van der Waals surface area contributed by atoms with Crippen LogP contribution in [0.4, 0.5) is 5.69 Å². The Morgan fingerprint density at radius 3 is 2.67 bits per heavy atom. The Balaban J connectivity index is 1.92. The van der Waals surface area contributed by atoms with Gasteiger partial charge in [0.15, 0.2) is 0 Å². The van der Waals surface area contributed by atoms with E-state index in [1.165, 1.54) is 0 Å². The van der Waals surface area contributed by atoms with Gasteiger partial charge in [0, 0.05) is 5.69 Å². The number of nitrogens with zero attached hydrogens (tertiary/aromatic N) is 1. The van der Waals surface area contributed by atoms with Crippen LogP contribution in [0.25, 0.3) is 0 Å². The van der Waals surface area contributed by atoms with E-state index in [2.05, 4.69) is 5.32 Å². The molecule has 0 bridgehead atoms. The van der Waals surface area contributed by atoms with Crippen molar-refractivity contribution in [2.75, 3.05) is 25.5 Å². The van der Waals surface area contributed by atoms with Crippen LogP contribution in [0.1, 0.15) is 19.3 Å². The van der Waals surface area contributed by atoms with Crippen LogP contribution in [0.5, 0.6) is 5.75 Å². The number of nitrogens with two attached hydrogens (primary N) is 1. The van der Waals surface area contributed by atoms with Crippen molar-refractivity contribution < 1.29 is 14.3 Å². The summed E-state index contributed by atoms with van der Waals surface area (Å²) in [6, 6.07) is 6.78. The molecule has 0 radical (unpaired) electrons. The lowest BCUT2D eigenvalue weighted by molar-refractivity contribution is -0.126. The van der Waals surface area contributed by atoms with Gasteiger partial charge in [-0.05, 0) is 43.7 Å². The molecule has 1 heterocycles. The number of nitrogens with one attached hydrogen (secondary N) is 1. The number of hydrogen-bond acceptors (Lipinski definition) is 4. The maximum atomic E-state index is 12.1. The first-order valence-corrected chi connectivity index (χ1v) is 7.07. The third-order valence-electron chi connectivity index (χ3n) is 3.66. The van der Waals surface area contributed by atoms with E-state index in [1.54, 1.807) is 31.4 Å². The Morgan fingerprint density at radius 2 is 2.05 bits per heavy atom. The number of carbonyl (C=O) groups is 2. The van der Waals surface area contributed by atoms with Crippen molar-refractivity contribution in [3.8, 4) is 5.75 Å². The van der Waals surface area contributed by atoms with Crippen molar-refractivity contribution in [3.63, 3.8) is 0 Å². The molecule has 2 rings (SSSR count). The summed E-state index contributed by atoms with van der Waals surface area (Å²) in [7, 11) is 1.59. The van der Waals surface area contributed by atoms with E-state index in [0.29, 0.717) is 5.69 Å². The SMILES string of the molecule is COc1ccc(NC(=O)CN2CCCC[C@@H]2C(N)=O)cc1. The number of methoxy groups -OCH3 is 1. The van der Waals surface area contributed by atoms with Crippen LogP contribution >= 0.6 is 0 Å². The summed E-state index contributed by atoms with van der Waals surface area (Å²) in [5, 5.41) is 2.81. The van der Waals surface area contributed by atoms with Crippen molar-refractivity contribution in [2.45, 2.75) is 25.3 Å². The Bertz CT molecular complexity index is 501. The summed E-state index contributed by atoms with van der Waals surface area (Å²) >= 11 is 0. The van der Waals surface area contributed by atoms with Gasteiger partial charge < -0.3 is 15.8 Å². The van der Waals surface area contributed by atoms with E-state index in [1.807, 2.05) is 4.90 Å². The number of ether oxygens (including phenoxy) is 1. The molecule has 2 amide bonds. The summed E-state index contributed by atoms with van der Waals surface area (Å²) in [5.41, 5.74) is 6.09. The van der Waals surface area contributed by atoms with Gasteiger partial charge in [-0.15, -0.1) is 0 Å². The minimum atomic E-state index is -0.355. The van der Waals surface area contributed by atoms with Gasteiger partial charge in [0.05, 0.1) is 19.7 Å². The van der Waals surface area contributed by atoms with E-state index in [0.717, 1.165) is 31.6 Å². The van der Waals surface area contributed by atoms with Crippen LogP contribution in [0.2, 0.25) is 0 Å². The molecule has 0 saturated carbocycles. The Morgan fingerprint density at radius 1 is 1.33 bits per heavy atom. The lowest BCUT2D eigenvalue weighted by atomic mass is 10.0. The lowest BCUT2D eigenvalue weighted by Gasteiger charge is -2.32. The molecule has 1 saturated heterocycles. The number of likely N-dealkylation sites (tertiary alicyclic amines) is 1. The molecule has 21 heavy (non-hydrogen) atoms. The van der Waals surface area contributed by atoms with E-state index in [4.69, 9.17) is 10.5 Å². The van der Waals surface area contributed by atoms with Gasteiger partial charge in [0.2, 0.25) is 11.8 Å². The summed E-state index contributed by atoms with van der Waals surface area (Å²) in [6.45, 7) is 0.906. The fourth-order valence-corrected chi connectivity index (χ4v) is 2.56. The molecular weight excluding hydrogens is 270 g/mol. The lowest BCUT2D eigenvalue weighted by Crippen LogP contribution is -2.50. The summed E-state index contributed by atoms with van der Waals surface area (Å²) < 4.78 is 5.06. The number of primary amides is 1. The Hall–Kier alpha value is -2.08. The van der Waals surface area contributed by atoms with Gasteiger partial charge in [0.25, 0.3) is 0 Å². The number of anilines is 1. The van der Waals surface area contributed by atoms with E-state index in [-0.39, 0.29) is 24.4 Å². The molecule has 1 aliphatic heterocycles. The first kappa shape index (κ1) is 15.3. The van der Waals surface area contributed by atoms with E-state index in [9.17, 15) is 9.59 Å². The number of benzene rings is 1. The Labute approximate surface area is 124 Å². The molecule has 6 nitrogen and oxygen atoms in total. The van der Waals surface area contributed by atoms with E-state index < -0.39 is 0 Å². The molecule has 0 unspecified atom stereocenters. The molecule has 3 N–H and O–H groups in total. The van der Waals surface area contributed by atoms with Gasteiger partial charge >= 0.3 is 0 Å². The highest BCUT2D eigenvalue weighted by Crippen LogP contribution is 2.18. The van der Waals surface area contributed by atoms with Crippen LogP contribution in [0.3, 0.4) is 0 Å². The van der Waals surface area contributed by atoms with Crippen LogP contribution < -0.4 is 15.8 Å². The molecular formula is C15H21N3O3. The van der Waals surface area contributed by atoms with Crippen molar-refractivity contribution in [1.82, 2.24) is 4.90 Å². The maximum absolute atomic E-state index is 12.1. The van der Waals surface area contributed by atoms with Crippen LogP contribution in [0, 0.1) is 0 Å². The number of rotatable bonds is 5. The highest BCUT2D eigenvalue weighted by atomic mass is 16.5. The van der Waals surface area contributed by atoms with Crippen molar-refractivity contribution in [1.29, 1.82) is 0 Å². The average molecular weight is 291 g/mol. The van der Waals surface area contributed by atoms with Gasteiger partial charge in [-0.25, -0.2) is 0 Å². The number of piperidine rings is 1. The first-order valence-electron chi connectivity index (χ1n) is 7.07. The monoisotopic (exact) mass is 291 g/mol. The molecule has 1 atom stereocenters.